The molecule has 144 valence electrons. The van der Waals surface area contributed by atoms with Crippen LogP contribution in [0.2, 0.25) is 0 Å². The fraction of sp³-hybridized carbons (Fsp3) is 0.300. The summed E-state index contributed by atoms with van der Waals surface area (Å²) in [5.41, 5.74) is 1.79. The molecule has 0 atom stereocenters. The second-order valence-corrected chi connectivity index (χ2v) is 7.72. The van der Waals surface area contributed by atoms with Crippen molar-refractivity contribution in [3.63, 3.8) is 0 Å². The minimum absolute atomic E-state index is 0.0532. The van der Waals surface area contributed by atoms with Crippen LogP contribution in [-0.4, -0.2) is 45.1 Å². The van der Waals surface area contributed by atoms with Crippen molar-refractivity contribution in [2.24, 2.45) is 0 Å². The molecule has 1 fully saturated rings. The van der Waals surface area contributed by atoms with E-state index in [0.717, 1.165) is 17.1 Å². The van der Waals surface area contributed by atoms with E-state index in [0.29, 0.717) is 18.9 Å². The molecule has 0 bridgehead atoms. The fourth-order valence-corrected chi connectivity index (χ4v) is 3.66. The van der Waals surface area contributed by atoms with Gasteiger partial charge in [-0.3, -0.25) is 9.80 Å². The molecule has 28 heavy (non-hydrogen) atoms. The Kier molecular flexibility index (Phi) is 5.04. The van der Waals surface area contributed by atoms with Crippen molar-refractivity contribution >= 4 is 29.3 Å². The zero-order valence-corrected chi connectivity index (χ0v) is 16.9. The van der Waals surface area contributed by atoms with Gasteiger partial charge in [0.15, 0.2) is 5.82 Å². The van der Waals surface area contributed by atoms with E-state index in [-0.39, 0.29) is 12.1 Å². The molecule has 4 rings (SSSR count). The van der Waals surface area contributed by atoms with Crippen molar-refractivity contribution in [1.29, 1.82) is 0 Å². The second-order valence-electron chi connectivity index (χ2n) is 6.84. The molecule has 8 heteroatoms. The van der Waals surface area contributed by atoms with E-state index in [1.165, 1.54) is 4.90 Å². The van der Waals surface area contributed by atoms with Crippen LogP contribution in [0.15, 0.2) is 53.8 Å². The lowest BCUT2D eigenvalue weighted by molar-refractivity contribution is 0.255. The van der Waals surface area contributed by atoms with Crippen LogP contribution in [0.1, 0.15) is 19.9 Å². The smallest absolute Gasteiger partial charge is 0.311 e. The molecular formula is C20H22N6OS. The molecule has 2 aromatic heterocycles. The van der Waals surface area contributed by atoms with Crippen LogP contribution in [0, 0.1) is 0 Å². The second kappa shape index (κ2) is 7.63. The highest BCUT2D eigenvalue weighted by molar-refractivity contribution is 7.98. The van der Waals surface area contributed by atoms with Crippen molar-refractivity contribution in [3.05, 3.63) is 48.9 Å². The quantitative estimate of drug-likeness (QED) is 0.610. The van der Waals surface area contributed by atoms with E-state index >= 15 is 0 Å². The maximum atomic E-state index is 12.9. The van der Waals surface area contributed by atoms with Crippen LogP contribution in [-0.2, 0) is 0 Å². The summed E-state index contributed by atoms with van der Waals surface area (Å²) in [6, 6.07) is 12.1. The normalized spacial score (nSPS) is 14.4. The Balaban J connectivity index is 1.53. The molecule has 0 unspecified atom stereocenters. The number of thioether (sulfide) groups is 1. The third-order valence-corrected chi connectivity index (χ3v) is 5.55. The first-order chi connectivity index (χ1) is 13.6. The molecule has 0 saturated carbocycles. The van der Waals surface area contributed by atoms with Gasteiger partial charge in [-0.15, -0.1) is 22.0 Å². The van der Waals surface area contributed by atoms with Gasteiger partial charge in [-0.25, -0.2) is 9.78 Å². The highest BCUT2D eigenvalue weighted by Crippen LogP contribution is 2.27. The van der Waals surface area contributed by atoms with E-state index in [4.69, 9.17) is 0 Å². The van der Waals surface area contributed by atoms with Gasteiger partial charge in [-0.1, -0.05) is 0 Å². The van der Waals surface area contributed by atoms with E-state index in [1.54, 1.807) is 34.1 Å². The highest BCUT2D eigenvalue weighted by Gasteiger charge is 2.31. The summed E-state index contributed by atoms with van der Waals surface area (Å²) < 4.78 is 2.00. The lowest BCUT2D eigenvalue weighted by Crippen LogP contribution is -2.32. The first-order valence-corrected chi connectivity index (χ1v) is 10.4. The number of aromatic nitrogens is 4. The largest absolute Gasteiger partial charge is 0.330 e. The first kappa shape index (κ1) is 18.5. The summed E-state index contributed by atoms with van der Waals surface area (Å²) in [5, 5.41) is 8.20. The number of nitrogens with zero attached hydrogens (tertiary/aromatic N) is 6. The van der Waals surface area contributed by atoms with E-state index in [2.05, 4.69) is 29.0 Å². The van der Waals surface area contributed by atoms with Crippen molar-refractivity contribution in [2.45, 2.75) is 24.8 Å². The minimum atomic E-state index is -0.0532. The zero-order valence-electron chi connectivity index (χ0n) is 16.1. The topological polar surface area (TPSA) is 67.2 Å². The lowest BCUT2D eigenvalue weighted by atomic mass is 10.2. The summed E-state index contributed by atoms with van der Waals surface area (Å²) in [4.78, 5) is 22.1. The molecular weight excluding hydrogens is 372 g/mol. The average Bonchev–Trinajstić information content (AvgIpc) is 3.35. The number of urea groups is 1. The van der Waals surface area contributed by atoms with E-state index in [9.17, 15) is 4.79 Å². The van der Waals surface area contributed by atoms with Crippen molar-refractivity contribution in [2.75, 3.05) is 29.1 Å². The van der Waals surface area contributed by atoms with Crippen LogP contribution < -0.4 is 9.80 Å². The zero-order chi connectivity index (χ0) is 19.7. The summed E-state index contributed by atoms with van der Waals surface area (Å²) in [6.07, 6.45) is 5.51. The van der Waals surface area contributed by atoms with Gasteiger partial charge in [-0.2, -0.15) is 0 Å². The van der Waals surface area contributed by atoms with Crippen molar-refractivity contribution in [1.82, 2.24) is 19.7 Å². The molecule has 1 aliphatic rings. The number of pyridine rings is 1. The Bertz CT molecular complexity index is 967. The van der Waals surface area contributed by atoms with Crippen LogP contribution in [0.4, 0.5) is 16.3 Å². The van der Waals surface area contributed by atoms with E-state index in [1.807, 2.05) is 47.2 Å². The maximum Gasteiger partial charge on any atom is 0.330 e. The summed E-state index contributed by atoms with van der Waals surface area (Å²) >= 11 is 1.69. The number of hydrogen-bond donors (Lipinski definition) is 0. The van der Waals surface area contributed by atoms with Gasteiger partial charge in [0.2, 0.25) is 0 Å². The molecule has 0 spiro atoms. The minimum Gasteiger partial charge on any atom is -0.311 e. The molecule has 0 aliphatic carbocycles. The van der Waals surface area contributed by atoms with Gasteiger partial charge in [0.05, 0.1) is 0 Å². The number of hydrogen-bond acceptors (Lipinski definition) is 5. The van der Waals surface area contributed by atoms with Gasteiger partial charge in [-0.05, 0) is 56.5 Å². The van der Waals surface area contributed by atoms with Gasteiger partial charge >= 0.3 is 6.03 Å². The molecule has 2 amide bonds. The predicted octanol–water partition coefficient (Wildman–Crippen LogP) is 4.09. The Morgan fingerprint density at radius 2 is 1.79 bits per heavy atom. The number of carbonyl (C=O) groups excluding carboxylic acids is 1. The molecule has 1 aromatic carbocycles. The van der Waals surface area contributed by atoms with Crippen molar-refractivity contribution in [3.8, 4) is 11.4 Å². The number of amides is 2. The van der Waals surface area contributed by atoms with Gasteiger partial charge in [0.1, 0.15) is 12.1 Å². The van der Waals surface area contributed by atoms with Crippen LogP contribution in [0.5, 0.6) is 0 Å². The highest BCUT2D eigenvalue weighted by atomic mass is 32.2. The van der Waals surface area contributed by atoms with Gasteiger partial charge < -0.3 is 4.57 Å². The van der Waals surface area contributed by atoms with Gasteiger partial charge in [0.25, 0.3) is 0 Å². The molecule has 0 N–H and O–H groups in total. The maximum absolute atomic E-state index is 12.9. The predicted molar refractivity (Wildman–Crippen MR) is 112 cm³/mol. The Morgan fingerprint density at radius 1 is 1.04 bits per heavy atom. The van der Waals surface area contributed by atoms with Crippen LogP contribution in [0.3, 0.4) is 0 Å². The summed E-state index contributed by atoms with van der Waals surface area (Å²) in [6.45, 7) is 5.41. The Hall–Kier alpha value is -2.87. The number of rotatable bonds is 5. The van der Waals surface area contributed by atoms with Crippen LogP contribution >= 0.6 is 11.8 Å². The van der Waals surface area contributed by atoms with Crippen molar-refractivity contribution < 1.29 is 4.79 Å². The third kappa shape index (κ3) is 3.35. The third-order valence-electron chi connectivity index (χ3n) is 4.81. The summed E-state index contributed by atoms with van der Waals surface area (Å²) in [5.74, 6) is 1.42. The number of anilines is 2. The fourth-order valence-electron chi connectivity index (χ4n) is 3.26. The molecule has 3 aromatic rings. The number of benzene rings is 1. The lowest BCUT2D eigenvalue weighted by Gasteiger charge is -2.18. The van der Waals surface area contributed by atoms with Gasteiger partial charge in [0, 0.05) is 41.5 Å². The standard InChI is InChI=1S/C20H22N6OS/c1-14(2)26-13-22-23-19(26)15-4-9-18(21-12-15)25-11-10-24(20(25)27)16-5-7-17(28-3)8-6-16/h4-9,12-14H,10-11H2,1-3H3. The molecule has 1 aliphatic heterocycles. The van der Waals surface area contributed by atoms with E-state index < -0.39 is 0 Å². The number of carbonyl (C=O) groups is 1. The Labute approximate surface area is 168 Å². The molecule has 7 nitrogen and oxygen atoms in total. The summed E-state index contributed by atoms with van der Waals surface area (Å²) in [7, 11) is 0. The molecule has 1 saturated heterocycles. The Morgan fingerprint density at radius 3 is 2.43 bits per heavy atom. The van der Waals surface area contributed by atoms with Crippen LogP contribution in [0.25, 0.3) is 11.4 Å². The monoisotopic (exact) mass is 394 g/mol. The average molecular weight is 395 g/mol. The first-order valence-electron chi connectivity index (χ1n) is 9.17. The molecule has 0 radical (unpaired) electrons. The SMILES string of the molecule is CSc1ccc(N2CCN(c3ccc(-c4nncn4C(C)C)cn3)C2=O)cc1. The molecule has 3 heterocycles.